The molecule has 0 spiro atoms. The quantitative estimate of drug-likeness (QED) is 0.475. The molecule has 0 amide bonds. The number of hydrogen-bond donors (Lipinski definition) is 0. The first-order chi connectivity index (χ1) is 13.1. The maximum absolute atomic E-state index is 2.55. The Balaban J connectivity index is 1.69. The van der Waals surface area contributed by atoms with Crippen molar-refractivity contribution in [2.24, 2.45) is 0 Å². The van der Waals surface area contributed by atoms with Gasteiger partial charge in [-0.1, -0.05) is 29.4 Å². The number of fused-ring (bicyclic) bond motifs is 9. The maximum atomic E-state index is 2.55. The molecule has 0 nitrogen and oxygen atoms in total. The fourth-order valence-corrected chi connectivity index (χ4v) is 7.05. The Labute approximate surface area is 161 Å². The molecule has 0 saturated heterocycles. The van der Waals surface area contributed by atoms with Crippen molar-refractivity contribution in [3.63, 3.8) is 0 Å². The molecule has 1 unspecified atom stereocenters. The van der Waals surface area contributed by atoms with E-state index < -0.39 is 0 Å². The van der Waals surface area contributed by atoms with E-state index in [0.29, 0.717) is 5.92 Å². The topological polar surface area (TPSA) is 0 Å². The molecule has 0 heteroatoms. The summed E-state index contributed by atoms with van der Waals surface area (Å²) in [5, 5.41) is 0. The number of hydrogen-bond acceptors (Lipinski definition) is 0. The van der Waals surface area contributed by atoms with Gasteiger partial charge in [0.2, 0.25) is 0 Å². The lowest BCUT2D eigenvalue weighted by Gasteiger charge is -2.19. The van der Waals surface area contributed by atoms with E-state index in [4.69, 9.17) is 0 Å². The van der Waals surface area contributed by atoms with Crippen LogP contribution in [-0.4, -0.2) is 0 Å². The van der Waals surface area contributed by atoms with Crippen LogP contribution in [0, 0.1) is 6.92 Å². The van der Waals surface area contributed by atoms with Gasteiger partial charge in [0.25, 0.3) is 0 Å². The van der Waals surface area contributed by atoms with E-state index in [0.717, 1.165) is 25.7 Å². The summed E-state index contributed by atoms with van der Waals surface area (Å²) < 4.78 is 0. The Kier molecular flexibility index (Phi) is 2.38. The summed E-state index contributed by atoms with van der Waals surface area (Å²) in [6.45, 7) is 9.46. The molecule has 0 aliphatic heterocycles. The minimum absolute atomic E-state index is 0.555. The van der Waals surface area contributed by atoms with Crippen LogP contribution < -0.4 is 0 Å². The molecule has 0 N–H and O–H groups in total. The predicted octanol–water partition coefficient (Wildman–Crippen LogP) is 6.97. The molecule has 7 rings (SSSR count). The summed E-state index contributed by atoms with van der Waals surface area (Å²) >= 11 is 0. The first-order valence-electron chi connectivity index (χ1n) is 10.5. The van der Waals surface area contributed by atoms with Crippen molar-refractivity contribution in [1.82, 2.24) is 0 Å². The molecule has 6 aliphatic rings. The maximum Gasteiger partial charge on any atom is 0.0326 e. The summed E-state index contributed by atoms with van der Waals surface area (Å²) in [5.74, 6) is 0.555. The predicted molar refractivity (Wildman–Crippen MR) is 114 cm³/mol. The fraction of sp³-hybridized carbons (Fsp3) is 0.333. The van der Waals surface area contributed by atoms with Gasteiger partial charge in [-0.2, -0.15) is 0 Å². The van der Waals surface area contributed by atoms with Gasteiger partial charge in [-0.25, -0.2) is 0 Å². The second-order valence-electron chi connectivity index (χ2n) is 9.35. The molecule has 0 fully saturated rings. The van der Waals surface area contributed by atoms with Gasteiger partial charge in [-0.05, 0) is 126 Å². The second kappa shape index (κ2) is 4.38. The standard InChI is InChI=1S/C27H24/c1-12-5-8-16-11-19-23(20(12)16)15(4)24-21-13(2)6-9-17(21)25-18-10-7-14(3)22(18)26(19)27(24)25/h6,8,10,25H,5,7,9,11H2,1-4H3. The molecule has 0 heterocycles. The van der Waals surface area contributed by atoms with Crippen LogP contribution in [0.2, 0.25) is 0 Å². The van der Waals surface area contributed by atoms with Gasteiger partial charge >= 0.3 is 0 Å². The van der Waals surface area contributed by atoms with E-state index in [9.17, 15) is 0 Å². The van der Waals surface area contributed by atoms with E-state index in [2.05, 4.69) is 45.9 Å². The second-order valence-corrected chi connectivity index (χ2v) is 9.35. The average Bonchev–Trinajstić information content (AvgIpc) is 3.41. The molecule has 6 aliphatic carbocycles. The molecule has 0 saturated carbocycles. The number of allylic oxidation sites excluding steroid dienone is 12. The zero-order valence-corrected chi connectivity index (χ0v) is 16.6. The molecular weight excluding hydrogens is 324 g/mol. The summed E-state index contributed by atoms with van der Waals surface area (Å²) in [6, 6.07) is 0. The Morgan fingerprint density at radius 1 is 0.741 bits per heavy atom. The molecule has 0 radical (unpaired) electrons. The minimum Gasteiger partial charge on any atom is -0.0768 e. The molecule has 0 aromatic heterocycles. The van der Waals surface area contributed by atoms with Crippen LogP contribution in [0.5, 0.6) is 0 Å². The SMILES string of the molecule is CC1=CCC2=C1c1c(C)c3c(c4c1C2C1=CCC(C)=C14)CC1=CCC(C)=C13. The summed E-state index contributed by atoms with van der Waals surface area (Å²) in [5.41, 5.74) is 24.2. The highest BCUT2D eigenvalue weighted by Crippen LogP contribution is 2.66. The van der Waals surface area contributed by atoms with E-state index in [-0.39, 0.29) is 0 Å². The van der Waals surface area contributed by atoms with Crippen molar-refractivity contribution in [3.8, 4) is 0 Å². The zero-order valence-electron chi connectivity index (χ0n) is 16.6. The summed E-state index contributed by atoms with van der Waals surface area (Å²) in [7, 11) is 0. The van der Waals surface area contributed by atoms with Crippen molar-refractivity contribution >= 4 is 16.7 Å². The minimum atomic E-state index is 0.555. The molecule has 1 aromatic rings. The average molecular weight is 348 g/mol. The van der Waals surface area contributed by atoms with E-state index in [1.807, 2.05) is 0 Å². The van der Waals surface area contributed by atoms with Crippen molar-refractivity contribution in [3.05, 3.63) is 85.0 Å². The van der Waals surface area contributed by atoms with Gasteiger partial charge in [0, 0.05) is 5.92 Å². The smallest absolute Gasteiger partial charge is 0.0326 e. The van der Waals surface area contributed by atoms with E-state index in [1.165, 1.54) is 5.57 Å². The van der Waals surface area contributed by atoms with Gasteiger partial charge in [0.1, 0.15) is 0 Å². The lowest BCUT2D eigenvalue weighted by molar-refractivity contribution is 0.967. The van der Waals surface area contributed by atoms with Crippen LogP contribution in [0.4, 0.5) is 0 Å². The third-order valence-corrected chi connectivity index (χ3v) is 8.05. The van der Waals surface area contributed by atoms with Crippen LogP contribution in [0.3, 0.4) is 0 Å². The fourth-order valence-electron chi connectivity index (χ4n) is 7.05. The van der Waals surface area contributed by atoms with Crippen molar-refractivity contribution in [2.45, 2.75) is 59.3 Å². The monoisotopic (exact) mass is 348 g/mol. The van der Waals surface area contributed by atoms with Crippen molar-refractivity contribution in [1.29, 1.82) is 0 Å². The normalized spacial score (nSPS) is 25.8. The van der Waals surface area contributed by atoms with Crippen LogP contribution in [0.15, 0.2) is 51.7 Å². The van der Waals surface area contributed by atoms with E-state index >= 15 is 0 Å². The van der Waals surface area contributed by atoms with Crippen LogP contribution in [0.25, 0.3) is 16.7 Å². The van der Waals surface area contributed by atoms with Crippen molar-refractivity contribution in [2.75, 3.05) is 0 Å². The highest BCUT2D eigenvalue weighted by Gasteiger charge is 2.49. The molecule has 27 heavy (non-hydrogen) atoms. The molecular formula is C27H24. The molecule has 1 aromatic carbocycles. The highest BCUT2D eigenvalue weighted by atomic mass is 14.5. The Morgan fingerprint density at radius 3 is 2.37 bits per heavy atom. The third-order valence-electron chi connectivity index (χ3n) is 8.05. The molecule has 1 atom stereocenters. The first-order valence-corrected chi connectivity index (χ1v) is 10.5. The molecule has 0 bridgehead atoms. The largest absolute Gasteiger partial charge is 0.0768 e. The van der Waals surface area contributed by atoms with Crippen LogP contribution >= 0.6 is 0 Å². The lowest BCUT2D eigenvalue weighted by Crippen LogP contribution is -2.02. The van der Waals surface area contributed by atoms with Gasteiger partial charge in [0.15, 0.2) is 0 Å². The highest BCUT2D eigenvalue weighted by molar-refractivity contribution is 6.08. The van der Waals surface area contributed by atoms with Crippen LogP contribution in [-0.2, 0) is 6.42 Å². The number of rotatable bonds is 0. The Hall–Kier alpha value is -2.34. The third kappa shape index (κ3) is 1.41. The zero-order chi connectivity index (χ0) is 18.2. The van der Waals surface area contributed by atoms with Crippen LogP contribution in [0.1, 0.15) is 79.3 Å². The number of benzene rings is 1. The summed E-state index contributed by atoms with van der Waals surface area (Å²) in [4.78, 5) is 0. The Morgan fingerprint density at radius 2 is 1.52 bits per heavy atom. The summed E-state index contributed by atoms with van der Waals surface area (Å²) in [6.07, 6.45) is 12.1. The Bertz CT molecular complexity index is 1230. The van der Waals surface area contributed by atoms with Gasteiger partial charge < -0.3 is 0 Å². The first kappa shape index (κ1) is 14.7. The van der Waals surface area contributed by atoms with Gasteiger partial charge in [-0.3, -0.25) is 0 Å². The van der Waals surface area contributed by atoms with E-state index in [1.54, 1.807) is 78.0 Å². The van der Waals surface area contributed by atoms with Gasteiger partial charge in [0.05, 0.1) is 0 Å². The van der Waals surface area contributed by atoms with Gasteiger partial charge in [-0.15, -0.1) is 0 Å². The molecule has 132 valence electrons. The van der Waals surface area contributed by atoms with Crippen molar-refractivity contribution < 1.29 is 0 Å². The lowest BCUT2D eigenvalue weighted by atomic mass is 9.84.